The van der Waals surface area contributed by atoms with Crippen molar-refractivity contribution in [1.82, 2.24) is 0 Å². The van der Waals surface area contributed by atoms with Gasteiger partial charge in [0.15, 0.2) is 0 Å². The van der Waals surface area contributed by atoms with Crippen molar-refractivity contribution in [2.24, 2.45) is 11.3 Å². The number of ether oxygens (including phenoxy) is 2. The number of rotatable bonds is 12. The van der Waals surface area contributed by atoms with Gasteiger partial charge in [0, 0.05) is 5.41 Å². The van der Waals surface area contributed by atoms with E-state index in [-0.39, 0.29) is 5.41 Å². The second-order valence-corrected chi connectivity index (χ2v) is 7.58. The van der Waals surface area contributed by atoms with E-state index in [4.69, 9.17) is 9.47 Å². The van der Waals surface area contributed by atoms with E-state index in [1.807, 2.05) is 12.1 Å². The molecule has 0 fully saturated rings. The van der Waals surface area contributed by atoms with Gasteiger partial charge in [0.25, 0.3) is 0 Å². The molecule has 2 aromatic carbocycles. The molecule has 0 saturated heterocycles. The summed E-state index contributed by atoms with van der Waals surface area (Å²) in [5.74, 6) is 0.514. The first-order valence-corrected chi connectivity index (χ1v) is 9.89. The van der Waals surface area contributed by atoms with Gasteiger partial charge in [-0.1, -0.05) is 94.3 Å². The summed E-state index contributed by atoms with van der Waals surface area (Å²) in [6.07, 6.45) is 3.55. The third-order valence-corrected chi connectivity index (χ3v) is 5.26. The zero-order valence-electron chi connectivity index (χ0n) is 16.6. The zero-order chi connectivity index (χ0) is 18.7. The minimum absolute atomic E-state index is 0.0690. The van der Waals surface area contributed by atoms with Crippen LogP contribution in [0, 0.1) is 11.3 Å². The van der Waals surface area contributed by atoms with Crippen molar-refractivity contribution in [2.45, 2.75) is 53.2 Å². The summed E-state index contributed by atoms with van der Waals surface area (Å²) < 4.78 is 12.3. The number of hydrogen-bond donors (Lipinski definition) is 0. The number of hydrogen-bond acceptors (Lipinski definition) is 2. The van der Waals surface area contributed by atoms with Gasteiger partial charge in [-0.25, -0.2) is 0 Å². The fraction of sp³-hybridized carbons (Fsp3) is 0.500. The quantitative estimate of drug-likeness (QED) is 0.448. The van der Waals surface area contributed by atoms with Crippen LogP contribution >= 0.6 is 0 Å². The van der Waals surface area contributed by atoms with Gasteiger partial charge in [0.2, 0.25) is 0 Å². The Balaban J connectivity index is 1.95. The summed E-state index contributed by atoms with van der Waals surface area (Å²) in [5, 5.41) is 0. The van der Waals surface area contributed by atoms with E-state index in [9.17, 15) is 0 Å². The van der Waals surface area contributed by atoms with Gasteiger partial charge in [-0.15, -0.1) is 0 Å². The molecule has 26 heavy (non-hydrogen) atoms. The van der Waals surface area contributed by atoms with E-state index >= 15 is 0 Å². The molecule has 142 valence electrons. The molecule has 0 saturated carbocycles. The Bertz CT molecular complexity index is 547. The lowest BCUT2D eigenvalue weighted by Crippen LogP contribution is -2.37. The minimum atomic E-state index is 0.0690. The maximum Gasteiger partial charge on any atom is 0.0717 e. The average Bonchev–Trinajstić information content (AvgIpc) is 2.67. The molecule has 0 N–H and O–H groups in total. The van der Waals surface area contributed by atoms with E-state index in [0.717, 1.165) is 19.6 Å². The van der Waals surface area contributed by atoms with Crippen molar-refractivity contribution in [3.63, 3.8) is 0 Å². The standard InChI is InChI=1S/C24H34O2/c1-4-5-16-24(21(2)3,19-25-17-22-12-8-6-9-13-22)20-26-18-23-14-10-7-11-15-23/h6-15,21H,4-5,16-20H2,1-3H3. The summed E-state index contributed by atoms with van der Waals surface area (Å²) in [5.41, 5.74) is 2.52. The van der Waals surface area contributed by atoms with Crippen LogP contribution in [-0.2, 0) is 22.7 Å². The highest BCUT2D eigenvalue weighted by Crippen LogP contribution is 2.35. The van der Waals surface area contributed by atoms with Gasteiger partial charge < -0.3 is 9.47 Å². The molecule has 0 atom stereocenters. The van der Waals surface area contributed by atoms with Crippen LogP contribution in [0.25, 0.3) is 0 Å². The maximum absolute atomic E-state index is 6.17. The predicted octanol–water partition coefficient (Wildman–Crippen LogP) is 6.25. The van der Waals surface area contributed by atoms with Crippen LogP contribution in [0.15, 0.2) is 60.7 Å². The highest BCUT2D eigenvalue weighted by molar-refractivity contribution is 5.14. The first-order chi connectivity index (χ1) is 12.7. The van der Waals surface area contributed by atoms with Gasteiger partial charge in [-0.2, -0.15) is 0 Å². The topological polar surface area (TPSA) is 18.5 Å². The number of benzene rings is 2. The molecule has 0 radical (unpaired) electrons. The Morgan fingerprint density at radius 1 is 0.769 bits per heavy atom. The summed E-state index contributed by atoms with van der Waals surface area (Å²) >= 11 is 0. The maximum atomic E-state index is 6.17. The molecular formula is C24H34O2. The Morgan fingerprint density at radius 2 is 1.23 bits per heavy atom. The van der Waals surface area contributed by atoms with Gasteiger partial charge in [-0.3, -0.25) is 0 Å². The summed E-state index contributed by atoms with van der Waals surface area (Å²) in [6, 6.07) is 20.8. The SMILES string of the molecule is CCCCC(COCc1ccccc1)(COCc1ccccc1)C(C)C. The molecule has 0 unspecified atom stereocenters. The smallest absolute Gasteiger partial charge is 0.0717 e. The van der Waals surface area contributed by atoms with Crippen LogP contribution < -0.4 is 0 Å². The fourth-order valence-corrected chi connectivity index (χ4v) is 3.23. The van der Waals surface area contributed by atoms with Crippen molar-refractivity contribution in [3.05, 3.63) is 71.8 Å². The van der Waals surface area contributed by atoms with Crippen molar-refractivity contribution in [3.8, 4) is 0 Å². The van der Waals surface area contributed by atoms with Crippen LogP contribution in [-0.4, -0.2) is 13.2 Å². The molecule has 0 spiro atoms. The molecule has 0 amide bonds. The van der Waals surface area contributed by atoms with Crippen LogP contribution in [0.5, 0.6) is 0 Å². The van der Waals surface area contributed by atoms with Crippen molar-refractivity contribution in [2.75, 3.05) is 13.2 Å². The normalized spacial score (nSPS) is 11.8. The average molecular weight is 355 g/mol. The second-order valence-electron chi connectivity index (χ2n) is 7.58. The van der Waals surface area contributed by atoms with E-state index in [2.05, 4.69) is 69.3 Å². The highest BCUT2D eigenvalue weighted by Gasteiger charge is 2.34. The van der Waals surface area contributed by atoms with E-state index < -0.39 is 0 Å². The zero-order valence-corrected chi connectivity index (χ0v) is 16.6. The first kappa shape index (κ1) is 20.7. The van der Waals surface area contributed by atoms with Crippen LogP contribution in [0.3, 0.4) is 0 Å². The molecular weight excluding hydrogens is 320 g/mol. The highest BCUT2D eigenvalue weighted by atomic mass is 16.5. The summed E-state index contributed by atoms with van der Waals surface area (Å²) in [7, 11) is 0. The lowest BCUT2D eigenvalue weighted by molar-refractivity contribution is -0.0629. The van der Waals surface area contributed by atoms with E-state index in [1.165, 1.54) is 24.0 Å². The molecule has 0 bridgehead atoms. The molecule has 0 aliphatic carbocycles. The third-order valence-electron chi connectivity index (χ3n) is 5.26. The van der Waals surface area contributed by atoms with Gasteiger partial charge >= 0.3 is 0 Å². The molecule has 0 aromatic heterocycles. The minimum Gasteiger partial charge on any atom is -0.376 e. The van der Waals surface area contributed by atoms with Gasteiger partial charge in [-0.05, 0) is 23.5 Å². The second kappa shape index (κ2) is 11.2. The first-order valence-electron chi connectivity index (χ1n) is 9.89. The van der Waals surface area contributed by atoms with Crippen molar-refractivity contribution >= 4 is 0 Å². The molecule has 0 aliphatic rings. The number of unbranched alkanes of at least 4 members (excludes halogenated alkanes) is 1. The Kier molecular flexibility index (Phi) is 8.87. The molecule has 0 heterocycles. The Labute approximate surface area is 159 Å². The monoisotopic (exact) mass is 354 g/mol. The summed E-state index contributed by atoms with van der Waals surface area (Å²) in [4.78, 5) is 0. The fourth-order valence-electron chi connectivity index (χ4n) is 3.23. The van der Waals surface area contributed by atoms with Crippen molar-refractivity contribution in [1.29, 1.82) is 0 Å². The lowest BCUT2D eigenvalue weighted by atomic mass is 9.74. The molecule has 2 aromatic rings. The predicted molar refractivity (Wildman–Crippen MR) is 109 cm³/mol. The largest absolute Gasteiger partial charge is 0.376 e. The Hall–Kier alpha value is -1.64. The van der Waals surface area contributed by atoms with Gasteiger partial charge in [0.05, 0.1) is 26.4 Å². The van der Waals surface area contributed by atoms with Gasteiger partial charge in [0.1, 0.15) is 0 Å². The van der Waals surface area contributed by atoms with E-state index in [1.54, 1.807) is 0 Å². The third kappa shape index (κ3) is 6.59. The van der Waals surface area contributed by atoms with E-state index in [0.29, 0.717) is 19.1 Å². The lowest BCUT2D eigenvalue weighted by Gasteiger charge is -2.37. The molecule has 2 rings (SSSR count). The van der Waals surface area contributed by atoms with Crippen LogP contribution in [0.1, 0.15) is 51.2 Å². The van der Waals surface area contributed by atoms with Crippen molar-refractivity contribution < 1.29 is 9.47 Å². The summed E-state index contributed by atoms with van der Waals surface area (Å²) in [6.45, 7) is 9.67. The van der Waals surface area contributed by atoms with Crippen LogP contribution in [0.4, 0.5) is 0 Å². The molecule has 2 nitrogen and oxygen atoms in total. The molecule has 2 heteroatoms. The van der Waals surface area contributed by atoms with Crippen LogP contribution in [0.2, 0.25) is 0 Å². The Morgan fingerprint density at radius 3 is 1.62 bits per heavy atom. The molecule has 0 aliphatic heterocycles.